The molecule has 2 aliphatic rings. The van der Waals surface area contributed by atoms with Crippen molar-refractivity contribution in [1.82, 2.24) is 0 Å². The SMILES string of the molecule is [N-]=c1ccc2ccc(=[N-])[cH+]c=2[cH+]1. The molecule has 0 fully saturated rings. The van der Waals surface area contributed by atoms with E-state index in [1.54, 1.807) is 24.3 Å². The Morgan fingerprint density at radius 1 is 0.833 bits per heavy atom. The zero-order chi connectivity index (χ0) is 8.55. The summed E-state index contributed by atoms with van der Waals surface area (Å²) in [5.74, 6) is 0. The van der Waals surface area contributed by atoms with Gasteiger partial charge in [-0.2, -0.15) is 0 Å². The van der Waals surface area contributed by atoms with Crippen LogP contribution in [0.15, 0.2) is 36.4 Å². The van der Waals surface area contributed by atoms with Crippen LogP contribution in [0.2, 0.25) is 0 Å². The average molecular weight is 154 g/mol. The predicted octanol–water partition coefficient (Wildman–Crippen LogP) is 0.789. The van der Waals surface area contributed by atoms with Crippen molar-refractivity contribution in [3.05, 3.63) is 68.4 Å². The van der Waals surface area contributed by atoms with Crippen LogP contribution in [0.1, 0.15) is 0 Å². The molecule has 0 aromatic rings. The van der Waals surface area contributed by atoms with Gasteiger partial charge >= 0.3 is 0 Å². The summed E-state index contributed by atoms with van der Waals surface area (Å²) in [6.45, 7) is 0. The molecule has 2 heteroatoms. The van der Waals surface area contributed by atoms with E-state index < -0.39 is 0 Å². The fraction of sp³-hybridized carbons (Fsp3) is 0. The molecule has 0 saturated carbocycles. The molecule has 0 bridgehead atoms. The molecule has 0 amide bonds. The molecule has 2 aliphatic carbocycles. The second-order valence-corrected chi connectivity index (χ2v) is 2.72. The number of hydrogen-bond acceptors (Lipinski definition) is 0. The zero-order valence-electron chi connectivity index (χ0n) is 6.36. The predicted molar refractivity (Wildman–Crippen MR) is 45.9 cm³/mol. The van der Waals surface area contributed by atoms with Crippen LogP contribution in [-0.4, -0.2) is 0 Å². The highest BCUT2D eigenvalue weighted by Crippen LogP contribution is 1.91. The van der Waals surface area contributed by atoms with Crippen LogP contribution in [0.4, 0.5) is 0 Å². The summed E-state index contributed by atoms with van der Waals surface area (Å²) in [7, 11) is 0. The topological polar surface area (TPSA) is 44.6 Å². The molecule has 0 spiro atoms. The summed E-state index contributed by atoms with van der Waals surface area (Å²) < 4.78 is 0. The number of rotatable bonds is 0. The summed E-state index contributed by atoms with van der Waals surface area (Å²) in [6.07, 6.45) is 0. The van der Waals surface area contributed by atoms with Gasteiger partial charge in [-0.1, -0.05) is 5.36 Å². The monoisotopic (exact) mass is 154 g/mol. The van der Waals surface area contributed by atoms with Gasteiger partial charge in [0.25, 0.3) is 0 Å². The molecule has 0 unspecified atom stereocenters. The molecular formula is C10H6N2. The van der Waals surface area contributed by atoms with E-state index in [9.17, 15) is 0 Å². The van der Waals surface area contributed by atoms with Crippen molar-refractivity contribution in [2.45, 2.75) is 0 Å². The highest BCUT2D eigenvalue weighted by atomic mass is 14.3. The van der Waals surface area contributed by atoms with Gasteiger partial charge in [0.05, 0.1) is 18.2 Å². The first kappa shape index (κ1) is 6.98. The molecular weight excluding hydrogens is 148 g/mol. The molecule has 2 nitrogen and oxygen atoms in total. The van der Waals surface area contributed by atoms with Crippen LogP contribution in [-0.2, 0) is 0 Å². The lowest BCUT2D eigenvalue weighted by molar-refractivity contribution is 1.41. The van der Waals surface area contributed by atoms with Gasteiger partial charge in [0.1, 0.15) is 6.07 Å². The Bertz CT molecular complexity index is 512. The molecule has 0 aromatic carbocycles. The smallest absolute Gasteiger partial charge is 0.220 e. The Hall–Kier alpha value is -1.70. The van der Waals surface area contributed by atoms with E-state index in [1.165, 1.54) is 0 Å². The van der Waals surface area contributed by atoms with Crippen molar-refractivity contribution >= 4 is 0 Å². The van der Waals surface area contributed by atoms with Crippen molar-refractivity contribution in [2.24, 2.45) is 0 Å². The maximum Gasteiger partial charge on any atom is 0.220 e. The number of hydrogen-bond donors (Lipinski definition) is 0. The first-order chi connectivity index (χ1) is 5.75. The molecule has 0 aromatic heterocycles. The Labute approximate surface area is 69.1 Å². The van der Waals surface area contributed by atoms with Gasteiger partial charge in [-0.3, -0.25) is 0 Å². The molecule has 0 aliphatic heterocycles. The second-order valence-electron chi connectivity index (χ2n) is 2.72. The van der Waals surface area contributed by atoms with Gasteiger partial charge in [0.15, 0.2) is 5.22 Å². The van der Waals surface area contributed by atoms with E-state index in [0.29, 0.717) is 0 Å². The van der Waals surface area contributed by atoms with E-state index in [4.69, 9.17) is 10.8 Å². The van der Waals surface area contributed by atoms with Gasteiger partial charge in [0.2, 0.25) is 5.22 Å². The minimum Gasteiger partial charge on any atom is -0.785 e. The lowest BCUT2D eigenvalue weighted by Crippen LogP contribution is -2.00. The summed E-state index contributed by atoms with van der Waals surface area (Å²) in [4.78, 5) is 0. The van der Waals surface area contributed by atoms with Gasteiger partial charge in [-0.15, -0.1) is 0 Å². The van der Waals surface area contributed by atoms with Crippen LogP contribution >= 0.6 is 0 Å². The standard InChI is InChI=1S/C10H6N2/c11-9-3-1-7-2-4-10(12)6-8(7)5-9/h1-6H. The Balaban J connectivity index is 3.11. The van der Waals surface area contributed by atoms with Gasteiger partial charge in [0, 0.05) is 11.4 Å². The van der Waals surface area contributed by atoms with Crippen molar-refractivity contribution in [3.8, 4) is 0 Å². The Kier molecular flexibility index (Phi) is 1.40. The zero-order valence-corrected chi connectivity index (χ0v) is 6.36. The number of nitrogens with zero attached hydrogens (tertiary/aromatic N) is 2. The van der Waals surface area contributed by atoms with Crippen LogP contribution < -0.4 is 10.7 Å². The first-order valence-electron chi connectivity index (χ1n) is 3.67. The summed E-state index contributed by atoms with van der Waals surface area (Å²) in [5.41, 5.74) is 0. The van der Waals surface area contributed by atoms with Crippen LogP contribution in [0.25, 0.3) is 10.8 Å². The van der Waals surface area contributed by atoms with E-state index in [1.807, 2.05) is 12.1 Å². The highest BCUT2D eigenvalue weighted by Gasteiger charge is 1.97. The van der Waals surface area contributed by atoms with E-state index >= 15 is 0 Å². The molecule has 56 valence electrons. The maximum atomic E-state index is 9.14. The normalized spacial score (nSPS) is 10.3. The quantitative estimate of drug-likeness (QED) is 0.503. The first-order valence-corrected chi connectivity index (χ1v) is 3.67. The van der Waals surface area contributed by atoms with Crippen molar-refractivity contribution in [2.75, 3.05) is 0 Å². The summed E-state index contributed by atoms with van der Waals surface area (Å²) >= 11 is 0. The van der Waals surface area contributed by atoms with Crippen molar-refractivity contribution in [3.63, 3.8) is 0 Å². The third-order valence-corrected chi connectivity index (χ3v) is 1.81. The Morgan fingerprint density at radius 3 is 1.83 bits per heavy atom. The van der Waals surface area contributed by atoms with Crippen molar-refractivity contribution < 1.29 is 0 Å². The molecule has 0 radical (unpaired) electrons. The molecule has 12 heavy (non-hydrogen) atoms. The van der Waals surface area contributed by atoms with Gasteiger partial charge < -0.3 is 10.8 Å². The van der Waals surface area contributed by atoms with E-state index in [0.717, 1.165) is 10.4 Å². The maximum absolute atomic E-state index is 9.14. The fourth-order valence-electron chi connectivity index (χ4n) is 1.22. The second kappa shape index (κ2) is 2.41. The molecule has 2 rings (SSSR count). The molecule has 0 atom stereocenters. The van der Waals surface area contributed by atoms with Crippen LogP contribution in [0.5, 0.6) is 0 Å². The van der Waals surface area contributed by atoms with E-state index in [-0.39, 0.29) is 10.7 Å². The van der Waals surface area contributed by atoms with Gasteiger partial charge in [-0.05, 0) is 6.07 Å². The summed E-state index contributed by atoms with van der Waals surface area (Å²) in [6, 6.07) is 10.1. The average Bonchev–Trinajstić information content (AvgIpc) is 2.03. The molecule has 0 saturated heterocycles. The fourth-order valence-corrected chi connectivity index (χ4v) is 1.22. The molecule has 0 heterocycles. The van der Waals surface area contributed by atoms with Gasteiger partial charge in [-0.25, -0.2) is 0 Å². The third kappa shape index (κ3) is 1.07. The highest BCUT2D eigenvalue weighted by molar-refractivity contribution is 5.16. The van der Waals surface area contributed by atoms with Crippen LogP contribution in [0.3, 0.4) is 0 Å². The lowest BCUT2D eigenvalue weighted by atomic mass is 10.2. The largest absolute Gasteiger partial charge is 0.785 e. The van der Waals surface area contributed by atoms with Crippen molar-refractivity contribution in [1.29, 1.82) is 0 Å². The lowest BCUT2D eigenvalue weighted by Gasteiger charge is -1.83. The minimum absolute atomic E-state index is 0.216. The summed E-state index contributed by atoms with van der Waals surface area (Å²) in [5, 5.41) is 20.6. The minimum atomic E-state index is 0.216. The van der Waals surface area contributed by atoms with E-state index in [2.05, 4.69) is 0 Å². The molecule has 0 N–H and O–H groups in total. The van der Waals surface area contributed by atoms with Crippen LogP contribution in [0, 0.1) is 10.4 Å². The third-order valence-electron chi connectivity index (χ3n) is 1.81. The Morgan fingerprint density at radius 2 is 1.33 bits per heavy atom.